The van der Waals surface area contributed by atoms with E-state index in [1.807, 2.05) is 66.7 Å². The largest absolute Gasteiger partial charge is 0.493 e. The first-order valence-electron chi connectivity index (χ1n) is 15.7. The summed E-state index contributed by atoms with van der Waals surface area (Å²) in [5.74, 6) is 1.46. The Bertz CT molecular complexity index is 2130. The van der Waals surface area contributed by atoms with Crippen LogP contribution >= 0.6 is 11.8 Å². The second kappa shape index (κ2) is 13.4. The first-order chi connectivity index (χ1) is 23.9. The van der Waals surface area contributed by atoms with Gasteiger partial charge in [-0.15, -0.1) is 0 Å². The van der Waals surface area contributed by atoms with Crippen molar-refractivity contribution in [3.8, 4) is 17.2 Å². The van der Waals surface area contributed by atoms with E-state index in [0.29, 0.717) is 47.4 Å². The molecule has 1 unspecified atom stereocenters. The molecule has 0 bridgehead atoms. The maximum Gasteiger partial charge on any atom is 0.269 e. The Morgan fingerprint density at radius 3 is 2.31 bits per heavy atom. The number of amides is 1. The fourth-order valence-electron chi connectivity index (χ4n) is 6.37. The molecule has 1 aliphatic carbocycles. The second-order valence-corrected chi connectivity index (χ2v) is 12.7. The first-order valence-corrected chi connectivity index (χ1v) is 16.6. The van der Waals surface area contributed by atoms with Crippen LogP contribution < -0.4 is 14.2 Å². The zero-order chi connectivity index (χ0) is 34.1. The minimum atomic E-state index is -0.414. The monoisotopic (exact) mass is 672 g/mol. The Hall–Kier alpha value is -5.68. The summed E-state index contributed by atoms with van der Waals surface area (Å²) in [4.78, 5) is 37.5. The van der Waals surface area contributed by atoms with Gasteiger partial charge in [0.05, 0.1) is 54.0 Å². The van der Waals surface area contributed by atoms with Crippen LogP contribution in [0.15, 0.2) is 96.0 Å². The zero-order valence-electron chi connectivity index (χ0n) is 27.1. The van der Waals surface area contributed by atoms with Gasteiger partial charge in [0.1, 0.15) is 0 Å². The van der Waals surface area contributed by atoms with E-state index in [-0.39, 0.29) is 16.8 Å². The van der Waals surface area contributed by atoms with E-state index < -0.39 is 4.92 Å². The predicted octanol–water partition coefficient (Wildman–Crippen LogP) is 8.27. The van der Waals surface area contributed by atoms with Crippen molar-refractivity contribution < 1.29 is 23.9 Å². The van der Waals surface area contributed by atoms with Crippen molar-refractivity contribution in [3.05, 3.63) is 129 Å². The number of aromatic nitrogens is 1. The summed E-state index contributed by atoms with van der Waals surface area (Å²) >= 11 is 1.48. The van der Waals surface area contributed by atoms with Gasteiger partial charge in [-0.25, -0.2) is 9.98 Å². The summed E-state index contributed by atoms with van der Waals surface area (Å²) in [6.45, 7) is 0.354. The Morgan fingerprint density at radius 1 is 0.939 bits per heavy atom. The van der Waals surface area contributed by atoms with Gasteiger partial charge >= 0.3 is 0 Å². The van der Waals surface area contributed by atoms with Crippen LogP contribution in [0.5, 0.6) is 17.2 Å². The summed E-state index contributed by atoms with van der Waals surface area (Å²) in [5.41, 5.74) is 6.51. The number of para-hydroxylation sites is 2. The van der Waals surface area contributed by atoms with Crippen LogP contribution in [0.3, 0.4) is 0 Å². The number of hydrogen-bond donors (Lipinski definition) is 0. The highest BCUT2D eigenvalue weighted by Gasteiger charge is 2.38. The molecule has 1 amide bonds. The number of pyridine rings is 1. The summed E-state index contributed by atoms with van der Waals surface area (Å²) in [5, 5.41) is 12.5. The molecule has 11 heteroatoms. The van der Waals surface area contributed by atoms with Gasteiger partial charge in [-0.2, -0.15) is 0 Å². The highest BCUT2D eigenvalue weighted by atomic mass is 32.2. The molecule has 2 aliphatic rings. The van der Waals surface area contributed by atoms with Crippen LogP contribution in [0.2, 0.25) is 0 Å². The van der Waals surface area contributed by atoms with Gasteiger partial charge in [0, 0.05) is 24.1 Å². The molecule has 0 radical (unpaired) electrons. The number of carbonyl (C=O) groups excluding carboxylic acids is 1. The summed E-state index contributed by atoms with van der Waals surface area (Å²) in [7, 11) is 4.74. The highest BCUT2D eigenvalue weighted by Crippen LogP contribution is 2.44. The number of methoxy groups -OCH3 is 3. The molecule has 1 aliphatic heterocycles. The fourth-order valence-corrected chi connectivity index (χ4v) is 7.58. The molecule has 0 N–H and O–H groups in total. The van der Waals surface area contributed by atoms with Gasteiger partial charge in [-0.05, 0) is 71.5 Å². The lowest BCUT2D eigenvalue weighted by atomic mass is 9.99. The number of non-ortho nitro benzene ring substituents is 1. The standard InChI is InChI=1S/C38H32N4O6S/c1-46-31-20-23(21-32(47-2)36(31)48-3)19-25-15-18-29-34(28-11-7-8-12-30(28)40-35(25)29)37(43)41-22-33(24-13-16-27(17-14-24)42(44)45)49-38(41)39-26-9-5-4-6-10-26/h4-14,16-17,19-21,33H,15,18,22H2,1-3H3/b25-19+,39-38?. The molecular formula is C38H32N4O6S. The average molecular weight is 673 g/mol. The fraction of sp³-hybridized carbons (Fsp3) is 0.184. The molecule has 1 saturated heterocycles. The second-order valence-electron chi connectivity index (χ2n) is 11.6. The molecule has 2 heterocycles. The third kappa shape index (κ3) is 6.09. The van der Waals surface area contributed by atoms with Crippen LogP contribution in [0.25, 0.3) is 22.6 Å². The van der Waals surface area contributed by atoms with E-state index in [9.17, 15) is 14.9 Å². The maximum absolute atomic E-state index is 14.9. The summed E-state index contributed by atoms with van der Waals surface area (Å²) in [6, 6.07) is 27.5. The minimum absolute atomic E-state index is 0.0204. The van der Waals surface area contributed by atoms with E-state index in [1.165, 1.54) is 23.9 Å². The Kier molecular flexibility index (Phi) is 8.75. The highest BCUT2D eigenvalue weighted by molar-refractivity contribution is 8.14. The quantitative estimate of drug-likeness (QED) is 0.119. The number of nitrogens with zero attached hydrogens (tertiary/aromatic N) is 4. The van der Waals surface area contributed by atoms with Gasteiger partial charge in [-0.1, -0.05) is 60.3 Å². The van der Waals surface area contributed by atoms with Crippen molar-refractivity contribution in [2.24, 2.45) is 4.99 Å². The number of nitro groups is 1. The van der Waals surface area contributed by atoms with Crippen molar-refractivity contribution in [2.45, 2.75) is 18.1 Å². The molecule has 5 aromatic rings. The van der Waals surface area contributed by atoms with Crippen molar-refractivity contribution in [1.82, 2.24) is 9.88 Å². The lowest BCUT2D eigenvalue weighted by Crippen LogP contribution is -2.33. The molecule has 1 atom stereocenters. The normalized spacial score (nSPS) is 17.0. The number of nitro benzene ring substituents is 1. The molecule has 7 rings (SSSR count). The molecule has 1 aromatic heterocycles. The lowest BCUT2D eigenvalue weighted by Gasteiger charge is -2.20. The molecular weight excluding hydrogens is 641 g/mol. The number of benzene rings is 4. The van der Waals surface area contributed by atoms with Gasteiger partial charge in [0.2, 0.25) is 5.75 Å². The Morgan fingerprint density at radius 2 is 1.63 bits per heavy atom. The molecule has 4 aromatic carbocycles. The minimum Gasteiger partial charge on any atom is -0.493 e. The van der Waals surface area contributed by atoms with Gasteiger partial charge in [0.25, 0.3) is 11.6 Å². The van der Waals surface area contributed by atoms with E-state index in [1.54, 1.807) is 38.4 Å². The Labute approximate surface area is 287 Å². The van der Waals surface area contributed by atoms with Crippen molar-refractivity contribution >= 4 is 56.8 Å². The zero-order valence-corrected chi connectivity index (χ0v) is 27.9. The smallest absolute Gasteiger partial charge is 0.269 e. The number of rotatable bonds is 8. The van der Waals surface area contributed by atoms with Crippen molar-refractivity contribution in [2.75, 3.05) is 27.9 Å². The van der Waals surface area contributed by atoms with Crippen molar-refractivity contribution in [3.63, 3.8) is 0 Å². The van der Waals surface area contributed by atoms with Crippen LogP contribution in [0.4, 0.5) is 11.4 Å². The molecule has 49 heavy (non-hydrogen) atoms. The topological polar surface area (TPSA) is 116 Å². The third-order valence-electron chi connectivity index (χ3n) is 8.71. The van der Waals surface area contributed by atoms with Crippen molar-refractivity contribution in [1.29, 1.82) is 0 Å². The number of aliphatic imine (C=N–C) groups is 1. The van der Waals surface area contributed by atoms with Crippen LogP contribution in [-0.4, -0.2) is 53.8 Å². The van der Waals surface area contributed by atoms with Gasteiger partial charge in [0.15, 0.2) is 16.7 Å². The van der Waals surface area contributed by atoms with E-state index >= 15 is 0 Å². The molecule has 246 valence electrons. The van der Waals surface area contributed by atoms with E-state index in [0.717, 1.165) is 44.5 Å². The molecule has 0 saturated carbocycles. The van der Waals surface area contributed by atoms with E-state index in [2.05, 4.69) is 6.08 Å². The lowest BCUT2D eigenvalue weighted by molar-refractivity contribution is -0.384. The third-order valence-corrected chi connectivity index (χ3v) is 9.94. The SMILES string of the molecule is COc1cc(/C=C2\CCc3c2nc2ccccc2c3C(=O)N2CC(c3ccc([N+](=O)[O-])cc3)SC2=Nc2ccccc2)cc(OC)c1OC. The van der Waals surface area contributed by atoms with E-state index in [4.69, 9.17) is 24.2 Å². The number of hydrogen-bond acceptors (Lipinski definition) is 9. The number of allylic oxidation sites excluding steroid dienone is 1. The number of ether oxygens (including phenoxy) is 3. The first kappa shape index (κ1) is 31.9. The van der Waals surface area contributed by atoms with Crippen LogP contribution in [-0.2, 0) is 6.42 Å². The number of fused-ring (bicyclic) bond motifs is 2. The Balaban J connectivity index is 1.32. The van der Waals surface area contributed by atoms with Gasteiger partial charge < -0.3 is 14.2 Å². The number of carbonyl (C=O) groups is 1. The average Bonchev–Trinajstić information content (AvgIpc) is 3.74. The molecule has 10 nitrogen and oxygen atoms in total. The summed E-state index contributed by atoms with van der Waals surface area (Å²) < 4.78 is 16.7. The molecule has 1 fully saturated rings. The predicted molar refractivity (Wildman–Crippen MR) is 192 cm³/mol. The number of amidine groups is 1. The maximum atomic E-state index is 14.9. The summed E-state index contributed by atoms with van der Waals surface area (Å²) in [6.07, 6.45) is 3.40. The van der Waals surface area contributed by atoms with Crippen LogP contribution in [0, 0.1) is 10.1 Å². The van der Waals surface area contributed by atoms with Crippen LogP contribution in [0.1, 0.15) is 44.4 Å². The molecule has 0 spiro atoms. The number of thioether (sulfide) groups is 1. The van der Waals surface area contributed by atoms with Gasteiger partial charge in [-0.3, -0.25) is 19.8 Å².